The maximum absolute atomic E-state index is 12.8. The van der Waals surface area contributed by atoms with Crippen molar-refractivity contribution in [3.05, 3.63) is 85.1 Å². The molecule has 2 unspecified atom stereocenters. The molecule has 0 radical (unpaired) electrons. The average molecular weight is 893 g/mol. The van der Waals surface area contributed by atoms with Crippen molar-refractivity contribution in [1.29, 1.82) is 0 Å². The summed E-state index contributed by atoms with van der Waals surface area (Å²) < 4.78 is 54.0. The van der Waals surface area contributed by atoms with E-state index >= 15 is 0 Å². The first-order valence-electron chi connectivity index (χ1n) is 23.1. The van der Waals surface area contributed by atoms with Crippen LogP contribution in [0.1, 0.15) is 155 Å². The molecule has 1 fully saturated rings. The summed E-state index contributed by atoms with van der Waals surface area (Å²) in [5.41, 5.74) is 0. The summed E-state index contributed by atoms with van der Waals surface area (Å²) in [4.78, 5) is 25.4. The molecule has 0 aromatic rings. The van der Waals surface area contributed by atoms with Gasteiger partial charge in [0.25, 0.3) is 10.1 Å². The van der Waals surface area contributed by atoms with Crippen molar-refractivity contribution in [2.75, 3.05) is 19.0 Å². The second-order valence-electron chi connectivity index (χ2n) is 15.7. The van der Waals surface area contributed by atoms with Crippen LogP contribution in [0.2, 0.25) is 0 Å². The fourth-order valence-corrected chi connectivity index (χ4v) is 7.03. The molecule has 1 aliphatic heterocycles. The zero-order chi connectivity index (χ0) is 45.5. The first kappa shape index (κ1) is 56.8. The van der Waals surface area contributed by atoms with Crippen molar-refractivity contribution in [3.8, 4) is 0 Å². The van der Waals surface area contributed by atoms with Gasteiger partial charge in [-0.15, -0.1) is 0 Å². The average Bonchev–Trinajstić information content (AvgIpc) is 3.24. The second-order valence-corrected chi connectivity index (χ2v) is 17.2. The fourth-order valence-electron chi connectivity index (χ4n) is 6.33. The molecule has 0 saturated carbocycles. The van der Waals surface area contributed by atoms with E-state index in [1.807, 2.05) is 18.2 Å². The van der Waals surface area contributed by atoms with Crippen LogP contribution >= 0.6 is 0 Å². The number of unbranched alkanes of at least 4 members (excludes halogenated alkanes) is 11. The Labute approximate surface area is 373 Å². The summed E-state index contributed by atoms with van der Waals surface area (Å²) in [6.07, 6.45) is 40.6. The van der Waals surface area contributed by atoms with Gasteiger partial charge in [-0.3, -0.25) is 14.1 Å². The zero-order valence-corrected chi connectivity index (χ0v) is 38.5. The number of aliphatic hydroxyl groups is 3. The Bertz CT molecular complexity index is 1460. The number of ether oxygens (including phenoxy) is 4. The standard InChI is InChI=1S/C49H80O12S/c1-3-5-7-9-11-13-15-17-19-20-21-22-24-26-28-30-32-34-36-38-45(51)60-42(40-59-49-48(54)47(53)46(52)43(61-49)41-62(55,56)57)39-58-44(50)37-35-33-31-29-27-25-23-18-16-14-12-10-8-6-4-2/h11-14,17-19,21-23,26,28,32,34,42-43,46-49,52-54H,3-10,15-16,20,24-25,27,29-31,33,35-41H2,1-2H3,(H,55,56,57)/b13-11+,14-12+,19-17+,22-21+,23-18+,28-26+,34-32+/t42-,43-,46-,47?,48?,49+/m1/s1. The van der Waals surface area contributed by atoms with Crippen LogP contribution in [-0.4, -0.2) is 96.0 Å². The summed E-state index contributed by atoms with van der Waals surface area (Å²) >= 11 is 0. The third-order valence-corrected chi connectivity index (χ3v) is 10.7. The van der Waals surface area contributed by atoms with E-state index in [0.29, 0.717) is 19.3 Å². The number of hydrogen-bond acceptors (Lipinski definition) is 11. The molecular weight excluding hydrogens is 813 g/mol. The largest absolute Gasteiger partial charge is 0.462 e. The number of carbonyl (C=O) groups excluding carboxylic acids is 2. The highest BCUT2D eigenvalue weighted by atomic mass is 32.2. The van der Waals surface area contributed by atoms with Crippen LogP contribution < -0.4 is 0 Å². The topological polar surface area (TPSA) is 186 Å². The Morgan fingerprint density at radius 2 is 1.00 bits per heavy atom. The van der Waals surface area contributed by atoms with Crippen LogP contribution in [-0.2, 0) is 38.7 Å². The molecule has 354 valence electrons. The van der Waals surface area contributed by atoms with Gasteiger partial charge in [0.2, 0.25) is 0 Å². The zero-order valence-electron chi connectivity index (χ0n) is 37.7. The lowest BCUT2D eigenvalue weighted by molar-refractivity contribution is -0.297. The molecule has 1 aliphatic rings. The minimum atomic E-state index is -4.62. The van der Waals surface area contributed by atoms with Crippen LogP contribution in [0.4, 0.5) is 0 Å². The lowest BCUT2D eigenvalue weighted by Crippen LogP contribution is -2.60. The van der Waals surface area contributed by atoms with E-state index in [-0.39, 0.29) is 19.4 Å². The maximum atomic E-state index is 12.8. The van der Waals surface area contributed by atoms with Crippen molar-refractivity contribution in [1.82, 2.24) is 0 Å². The fraction of sp³-hybridized carbons (Fsp3) is 0.673. The van der Waals surface area contributed by atoms with E-state index in [4.69, 9.17) is 18.9 Å². The van der Waals surface area contributed by atoms with Gasteiger partial charge in [-0.25, -0.2) is 0 Å². The van der Waals surface area contributed by atoms with Crippen LogP contribution in [0.25, 0.3) is 0 Å². The van der Waals surface area contributed by atoms with Gasteiger partial charge in [0, 0.05) is 12.8 Å². The lowest BCUT2D eigenvalue weighted by atomic mass is 10.00. The third kappa shape index (κ3) is 32.5. The first-order valence-corrected chi connectivity index (χ1v) is 24.8. The predicted molar refractivity (Wildman–Crippen MR) is 247 cm³/mol. The van der Waals surface area contributed by atoms with E-state index in [1.165, 1.54) is 38.5 Å². The summed E-state index contributed by atoms with van der Waals surface area (Å²) in [5.74, 6) is -2.12. The molecule has 1 saturated heterocycles. The van der Waals surface area contributed by atoms with Crippen molar-refractivity contribution >= 4 is 22.1 Å². The quantitative estimate of drug-likeness (QED) is 0.0201. The van der Waals surface area contributed by atoms with Gasteiger partial charge in [0.05, 0.1) is 6.61 Å². The molecule has 0 spiro atoms. The smallest absolute Gasteiger partial charge is 0.306 e. The molecule has 1 rings (SSSR count). The molecule has 62 heavy (non-hydrogen) atoms. The van der Waals surface area contributed by atoms with Gasteiger partial charge in [0.15, 0.2) is 12.4 Å². The molecule has 0 amide bonds. The van der Waals surface area contributed by atoms with E-state index in [9.17, 15) is 37.9 Å². The van der Waals surface area contributed by atoms with Gasteiger partial charge < -0.3 is 34.3 Å². The maximum Gasteiger partial charge on any atom is 0.306 e. The molecule has 0 aromatic carbocycles. The van der Waals surface area contributed by atoms with E-state index in [2.05, 4.69) is 80.7 Å². The molecule has 0 aromatic heterocycles. The van der Waals surface area contributed by atoms with Gasteiger partial charge in [0.1, 0.15) is 36.8 Å². The van der Waals surface area contributed by atoms with Crippen molar-refractivity contribution in [3.63, 3.8) is 0 Å². The Morgan fingerprint density at radius 1 is 0.548 bits per heavy atom. The number of allylic oxidation sites excluding steroid dienone is 14. The Morgan fingerprint density at radius 3 is 1.50 bits per heavy atom. The molecule has 13 heteroatoms. The number of hydrogen-bond donors (Lipinski definition) is 4. The van der Waals surface area contributed by atoms with Crippen molar-refractivity contribution in [2.24, 2.45) is 0 Å². The highest BCUT2D eigenvalue weighted by Gasteiger charge is 2.46. The number of esters is 2. The Balaban J connectivity index is 2.52. The van der Waals surface area contributed by atoms with Gasteiger partial charge >= 0.3 is 11.9 Å². The number of aliphatic hydroxyl groups excluding tert-OH is 3. The number of rotatable bonds is 37. The predicted octanol–water partition coefficient (Wildman–Crippen LogP) is 9.67. The van der Waals surface area contributed by atoms with Crippen LogP contribution in [0.3, 0.4) is 0 Å². The van der Waals surface area contributed by atoms with E-state index < -0.39 is 71.2 Å². The van der Waals surface area contributed by atoms with Gasteiger partial charge in [-0.2, -0.15) is 8.42 Å². The Kier molecular flexibility index (Phi) is 35.1. The molecule has 1 heterocycles. The second kappa shape index (κ2) is 38.3. The molecule has 0 aliphatic carbocycles. The SMILES string of the molecule is CCCCC/C=C/C/C=C/C/C=C/C/C=C/C/C=C/CCC(=O)O[C@H](COC(=O)CCCCCCC/C=C/C/C=C/CCCCC)CO[C@H]1O[C@H](CS(=O)(=O)O)[C@@H](O)C(O)C1O. The highest BCUT2D eigenvalue weighted by Crippen LogP contribution is 2.24. The van der Waals surface area contributed by atoms with Crippen LogP contribution in [0.5, 0.6) is 0 Å². The normalized spacial score (nSPS) is 20.6. The number of carbonyl (C=O) groups is 2. The monoisotopic (exact) mass is 893 g/mol. The molecule has 12 nitrogen and oxygen atoms in total. The van der Waals surface area contributed by atoms with Crippen LogP contribution in [0, 0.1) is 0 Å². The molecule has 6 atom stereocenters. The van der Waals surface area contributed by atoms with Gasteiger partial charge in [-0.05, 0) is 83.5 Å². The Hall–Kier alpha value is -3.17. The summed E-state index contributed by atoms with van der Waals surface area (Å²) in [7, 11) is -4.62. The summed E-state index contributed by atoms with van der Waals surface area (Å²) in [6, 6.07) is 0. The third-order valence-electron chi connectivity index (χ3n) is 9.96. The first-order chi connectivity index (χ1) is 30.0. The van der Waals surface area contributed by atoms with Crippen molar-refractivity contribution in [2.45, 2.75) is 192 Å². The van der Waals surface area contributed by atoms with Gasteiger partial charge in [-0.1, -0.05) is 144 Å². The minimum absolute atomic E-state index is 0.0332. The molecular formula is C49H80O12S. The minimum Gasteiger partial charge on any atom is -0.462 e. The van der Waals surface area contributed by atoms with Crippen LogP contribution in [0.15, 0.2) is 85.1 Å². The van der Waals surface area contributed by atoms with Crippen molar-refractivity contribution < 1.29 is 56.8 Å². The summed E-state index contributed by atoms with van der Waals surface area (Å²) in [6.45, 7) is 3.62. The highest BCUT2D eigenvalue weighted by molar-refractivity contribution is 7.85. The van der Waals surface area contributed by atoms with E-state index in [0.717, 1.165) is 70.6 Å². The molecule has 0 bridgehead atoms. The van der Waals surface area contributed by atoms with E-state index in [1.54, 1.807) is 0 Å². The lowest BCUT2D eigenvalue weighted by Gasteiger charge is -2.40. The summed E-state index contributed by atoms with van der Waals surface area (Å²) in [5, 5.41) is 30.9. The molecule has 4 N–H and O–H groups in total.